The van der Waals surface area contributed by atoms with E-state index < -0.39 is 11.9 Å². The van der Waals surface area contributed by atoms with Crippen molar-refractivity contribution in [3.8, 4) is 0 Å². The van der Waals surface area contributed by atoms with Crippen LogP contribution in [0.2, 0.25) is 0 Å². The molecule has 1 atom stereocenters. The third-order valence-electron chi connectivity index (χ3n) is 2.15. The number of rotatable bonds is 11. The molecule has 0 fully saturated rings. The smallest absolute Gasteiger partial charge is 0.407 e. The van der Waals surface area contributed by atoms with E-state index in [1.807, 2.05) is 6.92 Å². The molecule has 0 saturated heterocycles. The third-order valence-corrected chi connectivity index (χ3v) is 2.15. The van der Waals surface area contributed by atoms with Gasteiger partial charge in [-0.3, -0.25) is 0 Å². The predicted octanol–water partition coefficient (Wildman–Crippen LogP) is -0.0140. The summed E-state index contributed by atoms with van der Waals surface area (Å²) in [5.41, 5.74) is 4.89. The van der Waals surface area contributed by atoms with Crippen molar-refractivity contribution in [3.63, 3.8) is 0 Å². The Balaban J connectivity index is 3.89. The molecule has 0 aliphatic heterocycles. The lowest BCUT2D eigenvalue weighted by atomic mass is 10.1. The Labute approximate surface area is 107 Å². The molecule has 0 rings (SSSR count). The molecule has 108 valence electrons. The van der Waals surface area contributed by atoms with Crippen LogP contribution in [0.25, 0.3) is 0 Å². The highest BCUT2D eigenvalue weighted by atomic mass is 16.7. The van der Waals surface area contributed by atoms with E-state index in [0.717, 1.165) is 6.42 Å². The summed E-state index contributed by atoms with van der Waals surface area (Å²) in [4.78, 5) is 10.7. The molecular weight excluding hydrogens is 242 g/mol. The Morgan fingerprint density at radius 2 is 1.94 bits per heavy atom. The molecule has 1 amide bonds. The second-order valence-electron chi connectivity index (χ2n) is 3.86. The first-order chi connectivity index (χ1) is 8.54. The predicted molar refractivity (Wildman–Crippen MR) is 63.9 cm³/mol. The van der Waals surface area contributed by atoms with E-state index in [2.05, 4.69) is 4.74 Å². The van der Waals surface area contributed by atoms with Crippen LogP contribution in [0.1, 0.15) is 26.2 Å². The summed E-state index contributed by atoms with van der Waals surface area (Å²) in [5, 5.41) is 18.5. The van der Waals surface area contributed by atoms with Crippen molar-refractivity contribution in [2.75, 3.05) is 33.0 Å². The number of aliphatic hydroxyl groups excluding tert-OH is 1. The lowest BCUT2D eigenvalue weighted by Gasteiger charge is -2.26. The van der Waals surface area contributed by atoms with Crippen LogP contribution in [-0.4, -0.2) is 55.1 Å². The monoisotopic (exact) mass is 265 g/mol. The summed E-state index contributed by atoms with van der Waals surface area (Å²) in [5.74, 6) is -1.68. The molecule has 0 aromatic heterocycles. The fourth-order valence-electron chi connectivity index (χ4n) is 1.31. The Morgan fingerprint density at radius 3 is 2.50 bits per heavy atom. The summed E-state index contributed by atoms with van der Waals surface area (Å²) in [7, 11) is 0. The average molecular weight is 265 g/mol. The van der Waals surface area contributed by atoms with Gasteiger partial charge < -0.3 is 30.2 Å². The first-order valence-electron chi connectivity index (χ1n) is 6.01. The van der Waals surface area contributed by atoms with Gasteiger partial charge in [0.2, 0.25) is 5.79 Å². The molecule has 7 nitrogen and oxygen atoms in total. The van der Waals surface area contributed by atoms with E-state index in [0.29, 0.717) is 13.0 Å². The van der Waals surface area contributed by atoms with E-state index in [4.69, 9.17) is 20.3 Å². The lowest BCUT2D eigenvalue weighted by molar-refractivity contribution is -0.201. The van der Waals surface area contributed by atoms with E-state index in [1.165, 1.54) is 0 Å². The molecule has 4 N–H and O–H groups in total. The third kappa shape index (κ3) is 9.17. The molecule has 0 aliphatic rings. The number of carbonyl (C=O) groups excluding carboxylic acids is 1. The van der Waals surface area contributed by atoms with Crippen LogP contribution < -0.4 is 5.73 Å². The number of amides is 1. The zero-order chi connectivity index (χ0) is 13.9. The van der Waals surface area contributed by atoms with Gasteiger partial charge in [-0.2, -0.15) is 0 Å². The quantitative estimate of drug-likeness (QED) is 0.358. The Kier molecular flexibility index (Phi) is 9.57. The standard InChI is InChI=1S/C11H23NO6/c1-2-3-4-11(15,18-10(12)14)9-17-8-7-16-6-5-13/h13,15H,2-9H2,1H3,(H2,12,14). The molecule has 0 radical (unpaired) electrons. The van der Waals surface area contributed by atoms with Crippen molar-refractivity contribution in [2.45, 2.75) is 32.0 Å². The molecule has 0 heterocycles. The number of carbonyl (C=O) groups is 1. The maximum absolute atomic E-state index is 10.7. The van der Waals surface area contributed by atoms with Gasteiger partial charge in [0.1, 0.15) is 6.61 Å². The van der Waals surface area contributed by atoms with Crippen molar-refractivity contribution in [3.05, 3.63) is 0 Å². The fourth-order valence-corrected chi connectivity index (χ4v) is 1.31. The van der Waals surface area contributed by atoms with Crippen LogP contribution in [0, 0.1) is 0 Å². The van der Waals surface area contributed by atoms with Crippen LogP contribution in [0.15, 0.2) is 0 Å². The van der Waals surface area contributed by atoms with Gasteiger partial charge in [-0.1, -0.05) is 13.3 Å². The summed E-state index contributed by atoms with van der Waals surface area (Å²) in [6.07, 6.45) is 0.774. The average Bonchev–Trinajstić information content (AvgIpc) is 2.30. The molecule has 0 saturated carbocycles. The minimum atomic E-state index is -1.68. The highest BCUT2D eigenvalue weighted by molar-refractivity contribution is 5.65. The van der Waals surface area contributed by atoms with Crippen molar-refractivity contribution in [1.82, 2.24) is 0 Å². The minimum absolute atomic E-state index is 0.0504. The van der Waals surface area contributed by atoms with Crippen LogP contribution in [0.5, 0.6) is 0 Å². The number of primary amides is 1. The van der Waals surface area contributed by atoms with Gasteiger partial charge in [0, 0.05) is 6.42 Å². The van der Waals surface area contributed by atoms with E-state index >= 15 is 0 Å². The molecule has 0 aliphatic carbocycles. The van der Waals surface area contributed by atoms with Gasteiger partial charge in [0.05, 0.1) is 26.4 Å². The molecule has 0 aromatic rings. The Morgan fingerprint density at radius 1 is 1.28 bits per heavy atom. The number of ether oxygens (including phenoxy) is 3. The molecule has 0 spiro atoms. The zero-order valence-electron chi connectivity index (χ0n) is 10.8. The van der Waals surface area contributed by atoms with Gasteiger partial charge in [0.15, 0.2) is 0 Å². The van der Waals surface area contributed by atoms with E-state index in [-0.39, 0.29) is 32.8 Å². The Bertz CT molecular complexity index is 226. The summed E-state index contributed by atoms with van der Waals surface area (Å²) in [6, 6.07) is 0. The summed E-state index contributed by atoms with van der Waals surface area (Å²) >= 11 is 0. The zero-order valence-corrected chi connectivity index (χ0v) is 10.8. The van der Waals surface area contributed by atoms with Crippen molar-refractivity contribution >= 4 is 6.09 Å². The summed E-state index contributed by atoms with van der Waals surface area (Å²) in [6.45, 7) is 2.51. The molecule has 18 heavy (non-hydrogen) atoms. The SMILES string of the molecule is CCCCC(O)(COCCOCCO)OC(N)=O. The molecule has 0 aromatic carbocycles. The number of nitrogens with two attached hydrogens (primary N) is 1. The van der Waals surface area contributed by atoms with Crippen LogP contribution in [0.4, 0.5) is 4.79 Å². The van der Waals surface area contributed by atoms with Crippen molar-refractivity contribution in [2.24, 2.45) is 5.73 Å². The topological polar surface area (TPSA) is 111 Å². The van der Waals surface area contributed by atoms with Crippen LogP contribution in [-0.2, 0) is 14.2 Å². The van der Waals surface area contributed by atoms with Crippen LogP contribution >= 0.6 is 0 Å². The van der Waals surface area contributed by atoms with Crippen molar-refractivity contribution < 1.29 is 29.2 Å². The van der Waals surface area contributed by atoms with Gasteiger partial charge in [0.25, 0.3) is 0 Å². The van der Waals surface area contributed by atoms with Gasteiger partial charge >= 0.3 is 6.09 Å². The Hall–Kier alpha value is -0.890. The number of aliphatic hydroxyl groups is 2. The van der Waals surface area contributed by atoms with Gasteiger partial charge in [-0.15, -0.1) is 0 Å². The minimum Gasteiger partial charge on any atom is -0.415 e. The molecule has 1 unspecified atom stereocenters. The molecular formula is C11H23NO6. The number of unbranched alkanes of at least 4 members (excludes halogenated alkanes) is 1. The van der Waals surface area contributed by atoms with E-state index in [9.17, 15) is 9.90 Å². The lowest BCUT2D eigenvalue weighted by Crippen LogP contribution is -2.41. The van der Waals surface area contributed by atoms with Crippen molar-refractivity contribution in [1.29, 1.82) is 0 Å². The molecule has 7 heteroatoms. The maximum atomic E-state index is 10.7. The first kappa shape index (κ1) is 17.1. The van der Waals surface area contributed by atoms with Gasteiger partial charge in [-0.25, -0.2) is 4.79 Å². The largest absolute Gasteiger partial charge is 0.415 e. The highest BCUT2D eigenvalue weighted by Crippen LogP contribution is 2.16. The van der Waals surface area contributed by atoms with Crippen LogP contribution in [0.3, 0.4) is 0 Å². The first-order valence-corrected chi connectivity index (χ1v) is 6.01. The normalized spacial score (nSPS) is 14.2. The fraction of sp³-hybridized carbons (Fsp3) is 0.909. The second-order valence-corrected chi connectivity index (χ2v) is 3.86. The number of hydrogen-bond acceptors (Lipinski definition) is 6. The van der Waals surface area contributed by atoms with Gasteiger partial charge in [-0.05, 0) is 6.42 Å². The second kappa shape index (κ2) is 10.1. The summed E-state index contributed by atoms with van der Waals surface area (Å²) < 4.78 is 14.8. The van der Waals surface area contributed by atoms with E-state index in [1.54, 1.807) is 0 Å². The maximum Gasteiger partial charge on any atom is 0.407 e. The highest BCUT2D eigenvalue weighted by Gasteiger charge is 2.30. The molecule has 0 bridgehead atoms. The number of hydrogen-bond donors (Lipinski definition) is 3.